The molecule has 1 saturated heterocycles. The summed E-state index contributed by atoms with van der Waals surface area (Å²) in [6, 6.07) is 7.07. The molecule has 1 atom stereocenters. The number of nitrogens with one attached hydrogen (secondary N) is 1. The van der Waals surface area contributed by atoms with Gasteiger partial charge in [-0.3, -0.25) is 0 Å². The molecule has 1 unspecified atom stereocenters. The maximum atomic E-state index is 5.74. The molecule has 2 nitrogen and oxygen atoms in total. The summed E-state index contributed by atoms with van der Waals surface area (Å²) in [4.78, 5) is 0. The molecule has 0 spiro atoms. The Balaban J connectivity index is 2.05. The van der Waals surface area contributed by atoms with Crippen molar-refractivity contribution in [2.75, 3.05) is 11.9 Å². The Morgan fingerprint density at radius 3 is 2.82 bits per heavy atom. The van der Waals surface area contributed by atoms with Gasteiger partial charge in [-0.2, -0.15) is 0 Å². The molecule has 0 amide bonds. The van der Waals surface area contributed by atoms with Gasteiger partial charge in [0.1, 0.15) is 0 Å². The van der Waals surface area contributed by atoms with Crippen LogP contribution in [0.5, 0.6) is 0 Å². The summed E-state index contributed by atoms with van der Waals surface area (Å²) in [5.41, 5.74) is 2.59. The van der Waals surface area contributed by atoms with Crippen molar-refractivity contribution >= 4 is 28.3 Å². The molecule has 2 rings (SSSR count). The van der Waals surface area contributed by atoms with Crippen molar-refractivity contribution in [3.63, 3.8) is 0 Å². The van der Waals surface area contributed by atoms with Gasteiger partial charge in [0, 0.05) is 21.9 Å². The van der Waals surface area contributed by atoms with E-state index in [0.717, 1.165) is 19.4 Å². The smallest absolute Gasteiger partial charge is 0.0646 e. The lowest BCUT2D eigenvalue weighted by Crippen LogP contribution is -2.40. The second kappa shape index (κ2) is 5.14. The summed E-state index contributed by atoms with van der Waals surface area (Å²) in [5.74, 6) is 0. The molecule has 0 radical (unpaired) electrons. The predicted octanol–water partition coefficient (Wildman–Crippen LogP) is 3.97. The monoisotopic (exact) mass is 345 g/mol. The Bertz CT molecular complexity index is 403. The van der Waals surface area contributed by atoms with Crippen LogP contribution in [0, 0.1) is 10.5 Å². The highest BCUT2D eigenvalue weighted by Crippen LogP contribution is 2.27. The molecule has 1 aliphatic rings. The van der Waals surface area contributed by atoms with Crippen LogP contribution in [0.4, 0.5) is 5.69 Å². The highest BCUT2D eigenvalue weighted by atomic mass is 127. The highest BCUT2D eigenvalue weighted by molar-refractivity contribution is 14.1. The summed E-state index contributed by atoms with van der Waals surface area (Å²) in [7, 11) is 0. The van der Waals surface area contributed by atoms with Crippen molar-refractivity contribution in [2.45, 2.75) is 45.3 Å². The van der Waals surface area contributed by atoms with Crippen LogP contribution in [0.2, 0.25) is 0 Å². The number of hydrogen-bond acceptors (Lipinski definition) is 2. The molecule has 0 aromatic heterocycles. The average molecular weight is 345 g/mol. The van der Waals surface area contributed by atoms with E-state index in [9.17, 15) is 0 Å². The zero-order valence-corrected chi connectivity index (χ0v) is 12.9. The first-order valence-electron chi connectivity index (χ1n) is 6.13. The summed E-state index contributed by atoms with van der Waals surface area (Å²) < 4.78 is 7.03. The fourth-order valence-corrected chi connectivity index (χ4v) is 3.01. The van der Waals surface area contributed by atoms with Gasteiger partial charge in [-0.05, 0) is 80.0 Å². The minimum atomic E-state index is 0.00697. The zero-order chi connectivity index (χ0) is 12.5. The van der Waals surface area contributed by atoms with Crippen LogP contribution in [0.1, 0.15) is 32.3 Å². The van der Waals surface area contributed by atoms with Gasteiger partial charge in [-0.15, -0.1) is 0 Å². The maximum Gasteiger partial charge on any atom is 0.0646 e. The van der Waals surface area contributed by atoms with E-state index in [0.29, 0.717) is 6.04 Å². The summed E-state index contributed by atoms with van der Waals surface area (Å²) in [6.07, 6.45) is 2.16. The van der Waals surface area contributed by atoms with Crippen molar-refractivity contribution in [2.24, 2.45) is 0 Å². The van der Waals surface area contributed by atoms with E-state index >= 15 is 0 Å². The van der Waals surface area contributed by atoms with Crippen LogP contribution in [-0.4, -0.2) is 18.2 Å². The highest BCUT2D eigenvalue weighted by Gasteiger charge is 2.28. The Labute approximate surface area is 117 Å². The molecule has 0 bridgehead atoms. The SMILES string of the molecule is Cc1cc(I)ccc1NC1CCOC(C)(C)C1. The number of hydrogen-bond donors (Lipinski definition) is 1. The molecule has 1 aromatic rings. The van der Waals surface area contributed by atoms with Crippen molar-refractivity contribution in [1.29, 1.82) is 0 Å². The summed E-state index contributed by atoms with van der Waals surface area (Å²) in [5, 5.41) is 3.65. The minimum Gasteiger partial charge on any atom is -0.382 e. The summed E-state index contributed by atoms with van der Waals surface area (Å²) >= 11 is 2.35. The van der Waals surface area contributed by atoms with E-state index in [4.69, 9.17) is 4.74 Å². The van der Waals surface area contributed by atoms with Gasteiger partial charge in [-0.1, -0.05) is 0 Å². The molecular weight excluding hydrogens is 325 g/mol. The van der Waals surface area contributed by atoms with E-state index in [1.165, 1.54) is 14.8 Å². The lowest BCUT2D eigenvalue weighted by molar-refractivity contribution is -0.0553. The molecule has 1 aromatic carbocycles. The first-order valence-corrected chi connectivity index (χ1v) is 7.21. The fourth-order valence-electron chi connectivity index (χ4n) is 2.36. The quantitative estimate of drug-likeness (QED) is 0.819. The number of aryl methyl sites for hydroxylation is 1. The van der Waals surface area contributed by atoms with E-state index in [1.54, 1.807) is 0 Å². The second-order valence-corrected chi connectivity index (χ2v) is 6.65. The number of benzene rings is 1. The average Bonchev–Trinajstić information content (AvgIpc) is 2.21. The van der Waals surface area contributed by atoms with Crippen molar-refractivity contribution in [1.82, 2.24) is 0 Å². The zero-order valence-electron chi connectivity index (χ0n) is 10.7. The van der Waals surface area contributed by atoms with Gasteiger partial charge in [0.05, 0.1) is 5.60 Å². The Morgan fingerprint density at radius 1 is 1.41 bits per heavy atom. The molecule has 94 valence electrons. The van der Waals surface area contributed by atoms with E-state index in [2.05, 4.69) is 66.9 Å². The van der Waals surface area contributed by atoms with Gasteiger partial charge >= 0.3 is 0 Å². The van der Waals surface area contributed by atoms with Crippen LogP contribution < -0.4 is 5.32 Å². The molecular formula is C14H20INO. The molecule has 1 heterocycles. The third-order valence-corrected chi connectivity index (χ3v) is 3.92. The third-order valence-electron chi connectivity index (χ3n) is 3.25. The van der Waals surface area contributed by atoms with Crippen molar-refractivity contribution in [3.05, 3.63) is 27.3 Å². The number of anilines is 1. The molecule has 3 heteroatoms. The lowest BCUT2D eigenvalue weighted by Gasteiger charge is -2.36. The van der Waals surface area contributed by atoms with Gasteiger partial charge in [0.25, 0.3) is 0 Å². The van der Waals surface area contributed by atoms with E-state index in [1.807, 2.05) is 0 Å². The molecule has 1 fully saturated rings. The molecule has 1 N–H and O–H groups in total. The van der Waals surface area contributed by atoms with Crippen LogP contribution >= 0.6 is 22.6 Å². The largest absolute Gasteiger partial charge is 0.382 e. The van der Waals surface area contributed by atoms with Gasteiger partial charge < -0.3 is 10.1 Å². The first kappa shape index (κ1) is 13.1. The second-order valence-electron chi connectivity index (χ2n) is 5.40. The molecule has 17 heavy (non-hydrogen) atoms. The number of rotatable bonds is 2. The topological polar surface area (TPSA) is 21.3 Å². The van der Waals surface area contributed by atoms with Crippen molar-refractivity contribution in [3.8, 4) is 0 Å². The van der Waals surface area contributed by atoms with Crippen LogP contribution in [-0.2, 0) is 4.74 Å². The minimum absolute atomic E-state index is 0.00697. The van der Waals surface area contributed by atoms with Gasteiger partial charge in [0.15, 0.2) is 0 Å². The van der Waals surface area contributed by atoms with E-state index < -0.39 is 0 Å². The molecule has 1 aliphatic heterocycles. The lowest BCUT2D eigenvalue weighted by atomic mass is 9.93. The molecule has 0 saturated carbocycles. The van der Waals surface area contributed by atoms with Crippen LogP contribution in [0.3, 0.4) is 0 Å². The van der Waals surface area contributed by atoms with Gasteiger partial charge in [0.2, 0.25) is 0 Å². The predicted molar refractivity (Wildman–Crippen MR) is 80.6 cm³/mol. The number of ether oxygens (including phenoxy) is 1. The Morgan fingerprint density at radius 2 is 2.18 bits per heavy atom. The van der Waals surface area contributed by atoms with Crippen LogP contribution in [0.25, 0.3) is 0 Å². The maximum absolute atomic E-state index is 5.74. The number of halogens is 1. The Hall–Kier alpha value is -0.290. The van der Waals surface area contributed by atoms with Crippen LogP contribution in [0.15, 0.2) is 18.2 Å². The summed E-state index contributed by atoms with van der Waals surface area (Å²) in [6.45, 7) is 7.35. The Kier molecular flexibility index (Phi) is 3.98. The fraction of sp³-hybridized carbons (Fsp3) is 0.571. The standard InChI is InChI=1S/C14H20INO/c1-10-8-11(15)4-5-13(10)16-12-6-7-17-14(2,3)9-12/h4-5,8,12,16H,6-7,9H2,1-3H3. The normalized spacial score (nSPS) is 23.4. The molecule has 0 aliphatic carbocycles. The van der Waals surface area contributed by atoms with Crippen molar-refractivity contribution < 1.29 is 4.74 Å². The first-order chi connectivity index (χ1) is 7.96. The van der Waals surface area contributed by atoms with E-state index in [-0.39, 0.29) is 5.60 Å². The van der Waals surface area contributed by atoms with Gasteiger partial charge in [-0.25, -0.2) is 0 Å². The third kappa shape index (κ3) is 3.58.